The largest absolute Gasteiger partial charge is 0.493 e. The summed E-state index contributed by atoms with van der Waals surface area (Å²) in [5.74, 6) is 0.880. The lowest BCUT2D eigenvalue weighted by atomic mass is 10.2. The predicted octanol–water partition coefficient (Wildman–Crippen LogP) is 4.46. The molecule has 13 nitrogen and oxygen atoms in total. The Balaban J connectivity index is 0.00000323. The Bertz CT molecular complexity index is 1530. The second-order valence-corrected chi connectivity index (χ2v) is 10.2. The van der Waals surface area contributed by atoms with Crippen molar-refractivity contribution in [1.82, 2.24) is 25.1 Å². The molecule has 0 radical (unpaired) electrons. The van der Waals surface area contributed by atoms with Gasteiger partial charge in [0, 0.05) is 42.0 Å². The van der Waals surface area contributed by atoms with E-state index in [2.05, 4.69) is 35.3 Å². The van der Waals surface area contributed by atoms with Crippen LogP contribution < -0.4 is 15.4 Å². The number of fused-ring (bicyclic) bond motifs is 1. The summed E-state index contributed by atoms with van der Waals surface area (Å²) < 4.78 is 34.5. The van der Waals surface area contributed by atoms with Gasteiger partial charge in [0.05, 0.1) is 25.2 Å². The fraction of sp³-hybridized carbons (Fsp3) is 0.308. The number of carbonyl (C=O) groups excluding carboxylic acids is 1. The summed E-state index contributed by atoms with van der Waals surface area (Å²) in [5, 5.41) is 13.5. The summed E-state index contributed by atoms with van der Waals surface area (Å²) >= 11 is 0. The molecule has 234 valence electrons. The van der Waals surface area contributed by atoms with Crippen molar-refractivity contribution in [1.29, 1.82) is 0 Å². The van der Waals surface area contributed by atoms with Crippen molar-refractivity contribution in [3.8, 4) is 5.75 Å². The third kappa shape index (κ3) is 11.7. The van der Waals surface area contributed by atoms with Gasteiger partial charge in [-0.3, -0.25) is 14.4 Å². The van der Waals surface area contributed by atoms with Crippen LogP contribution in [0.15, 0.2) is 54.9 Å². The van der Waals surface area contributed by atoms with E-state index in [-0.39, 0.29) is 43.7 Å². The maximum absolute atomic E-state index is 13.3. The van der Waals surface area contributed by atoms with E-state index in [9.17, 15) is 13.8 Å². The van der Waals surface area contributed by atoms with Crippen molar-refractivity contribution >= 4 is 66.8 Å². The Morgan fingerprint density at radius 3 is 2.65 bits per heavy atom. The first-order valence-electron chi connectivity index (χ1n) is 12.9. The molecule has 17 heteroatoms. The van der Waals surface area contributed by atoms with Crippen LogP contribution in [0.5, 0.6) is 5.75 Å². The zero-order valence-corrected chi connectivity index (χ0v) is 25.6. The number of rotatable bonds is 15. The van der Waals surface area contributed by atoms with Crippen LogP contribution in [0.1, 0.15) is 19.0 Å². The first kappa shape index (κ1) is 35.8. The third-order valence-electron chi connectivity index (χ3n) is 5.95. The van der Waals surface area contributed by atoms with Gasteiger partial charge in [0.25, 0.3) is 0 Å². The topological polar surface area (TPSA) is 175 Å². The van der Waals surface area contributed by atoms with E-state index in [1.807, 2.05) is 24.0 Å². The summed E-state index contributed by atoms with van der Waals surface area (Å²) in [6.45, 7) is 4.16. The highest BCUT2D eigenvalue weighted by atomic mass is 35.5. The third-order valence-corrected chi connectivity index (χ3v) is 6.47. The highest BCUT2D eigenvalue weighted by Crippen LogP contribution is 2.35. The molecule has 43 heavy (non-hydrogen) atoms. The molecule has 0 saturated heterocycles. The molecular weight excluding hydrogens is 627 g/mol. The second kappa shape index (κ2) is 17.1. The number of anilines is 3. The SMILES string of the molecule is CCN(CCCOc1ccc2c(Nc3cc(CC(=O)Nc4cccc(F)c4)[nH]n3)ncnc2c1)CCOP(=O)(O)O.Cl.Cl. The second-order valence-electron chi connectivity index (χ2n) is 9.00. The van der Waals surface area contributed by atoms with Crippen molar-refractivity contribution in [3.05, 3.63) is 66.4 Å². The number of nitrogens with zero attached hydrogens (tertiary/aromatic N) is 4. The van der Waals surface area contributed by atoms with Crippen LogP contribution in [0, 0.1) is 5.82 Å². The van der Waals surface area contributed by atoms with Gasteiger partial charge in [-0.05, 0) is 43.3 Å². The van der Waals surface area contributed by atoms with Gasteiger partial charge >= 0.3 is 7.82 Å². The monoisotopic (exact) mass is 659 g/mol. The van der Waals surface area contributed by atoms with Gasteiger partial charge in [-0.2, -0.15) is 5.10 Å². The van der Waals surface area contributed by atoms with E-state index in [0.717, 1.165) is 5.39 Å². The molecule has 0 aliphatic rings. The Kier molecular flexibility index (Phi) is 14.2. The molecular formula is C26H33Cl2FN7O6P. The van der Waals surface area contributed by atoms with Crippen molar-refractivity contribution in [2.24, 2.45) is 0 Å². The van der Waals surface area contributed by atoms with Gasteiger partial charge in [-0.15, -0.1) is 24.8 Å². The average molecular weight is 660 g/mol. The van der Waals surface area contributed by atoms with Crippen molar-refractivity contribution in [3.63, 3.8) is 0 Å². The number of likely N-dealkylation sites (N-methyl/N-ethyl adjacent to an activating group) is 1. The molecule has 0 aliphatic carbocycles. The number of phosphoric acid groups is 1. The van der Waals surface area contributed by atoms with Crippen LogP contribution in [0.25, 0.3) is 10.9 Å². The number of halogens is 3. The zero-order valence-electron chi connectivity index (χ0n) is 23.1. The molecule has 1 amide bonds. The number of phosphoric ester groups is 1. The molecule has 0 atom stereocenters. The number of nitrogens with one attached hydrogen (secondary N) is 3. The molecule has 0 spiro atoms. The number of ether oxygens (including phenoxy) is 1. The Morgan fingerprint density at radius 2 is 1.91 bits per heavy atom. The lowest BCUT2D eigenvalue weighted by Gasteiger charge is -2.20. The van der Waals surface area contributed by atoms with Crippen LogP contribution in [0.4, 0.5) is 21.7 Å². The lowest BCUT2D eigenvalue weighted by molar-refractivity contribution is -0.115. The molecule has 2 aromatic heterocycles. The van der Waals surface area contributed by atoms with Crippen molar-refractivity contribution in [2.45, 2.75) is 19.8 Å². The molecule has 0 saturated carbocycles. The van der Waals surface area contributed by atoms with Gasteiger partial charge in [-0.25, -0.2) is 18.9 Å². The minimum atomic E-state index is -4.46. The molecule has 0 unspecified atom stereocenters. The molecule has 0 bridgehead atoms. The first-order valence-corrected chi connectivity index (χ1v) is 14.4. The highest BCUT2D eigenvalue weighted by molar-refractivity contribution is 7.46. The van der Waals surface area contributed by atoms with Gasteiger partial charge in [0.1, 0.15) is 23.7 Å². The number of H-pyrrole nitrogens is 1. The summed E-state index contributed by atoms with van der Waals surface area (Å²) in [4.78, 5) is 40.6. The smallest absolute Gasteiger partial charge is 0.469 e. The molecule has 2 aromatic carbocycles. The number of carbonyl (C=O) groups is 1. The molecule has 4 aromatic rings. The number of hydrogen-bond acceptors (Lipinski definition) is 9. The summed E-state index contributed by atoms with van der Waals surface area (Å²) in [6.07, 6.45) is 2.15. The molecule has 0 fully saturated rings. The van der Waals surface area contributed by atoms with Crippen molar-refractivity contribution < 1.29 is 32.8 Å². The fourth-order valence-electron chi connectivity index (χ4n) is 4.00. The van der Waals surface area contributed by atoms with E-state index < -0.39 is 13.6 Å². The summed E-state index contributed by atoms with van der Waals surface area (Å²) in [7, 11) is -4.46. The van der Waals surface area contributed by atoms with Crippen LogP contribution in [-0.4, -0.2) is 73.6 Å². The van der Waals surface area contributed by atoms with E-state index >= 15 is 0 Å². The van der Waals surface area contributed by atoms with E-state index in [1.165, 1.54) is 24.5 Å². The number of amides is 1. The number of aromatic nitrogens is 4. The van der Waals surface area contributed by atoms with Gasteiger partial charge < -0.3 is 30.1 Å². The Labute approximate surface area is 259 Å². The molecule has 2 heterocycles. The fourth-order valence-corrected chi connectivity index (χ4v) is 4.32. The number of hydrogen-bond donors (Lipinski definition) is 5. The Hall–Kier alpha value is -3.36. The molecule has 4 rings (SSSR count). The number of benzene rings is 2. The lowest BCUT2D eigenvalue weighted by Crippen LogP contribution is -2.29. The van der Waals surface area contributed by atoms with Crippen LogP contribution in [0.2, 0.25) is 0 Å². The van der Waals surface area contributed by atoms with Crippen LogP contribution in [0.3, 0.4) is 0 Å². The summed E-state index contributed by atoms with van der Waals surface area (Å²) in [6, 6.07) is 12.8. The average Bonchev–Trinajstić information content (AvgIpc) is 3.35. The normalized spacial score (nSPS) is 11.1. The molecule has 0 aliphatic heterocycles. The van der Waals surface area contributed by atoms with Gasteiger partial charge in [0.15, 0.2) is 5.82 Å². The zero-order chi connectivity index (χ0) is 29.2. The predicted molar refractivity (Wildman–Crippen MR) is 165 cm³/mol. The van der Waals surface area contributed by atoms with Gasteiger partial charge in [0.2, 0.25) is 5.91 Å². The van der Waals surface area contributed by atoms with Crippen LogP contribution >= 0.6 is 32.6 Å². The minimum Gasteiger partial charge on any atom is -0.493 e. The summed E-state index contributed by atoms with van der Waals surface area (Å²) in [5.41, 5.74) is 1.60. The van der Waals surface area contributed by atoms with E-state index in [4.69, 9.17) is 14.5 Å². The van der Waals surface area contributed by atoms with E-state index in [1.54, 1.807) is 18.2 Å². The van der Waals surface area contributed by atoms with Crippen molar-refractivity contribution in [2.75, 3.05) is 43.5 Å². The maximum atomic E-state index is 13.3. The van der Waals surface area contributed by atoms with E-state index in [0.29, 0.717) is 66.9 Å². The highest BCUT2D eigenvalue weighted by Gasteiger charge is 2.14. The van der Waals surface area contributed by atoms with Crippen LogP contribution in [-0.2, 0) is 20.3 Å². The number of aromatic amines is 1. The minimum absolute atomic E-state index is 0. The quantitative estimate of drug-likeness (QED) is 0.0900. The Morgan fingerprint density at radius 1 is 1.09 bits per heavy atom. The maximum Gasteiger partial charge on any atom is 0.469 e. The standard InChI is InChI=1S/C26H31FN7O6P.2ClH/c1-2-34(10-12-40-41(36,37)38)9-4-11-39-21-7-8-22-23(16-21)28-17-29-26(22)31-24-14-20(32-33-24)15-25(35)30-19-6-3-5-18(27)13-19;;/h3,5-8,13-14,16-17H,2,4,9-12,15H2,1H3,(H,30,35)(H2,36,37,38)(H2,28,29,31,32,33);2*1H. The molecule has 5 N–H and O–H groups in total. The first-order chi connectivity index (χ1) is 19.7. The van der Waals surface area contributed by atoms with Gasteiger partial charge in [-0.1, -0.05) is 13.0 Å².